The predicted molar refractivity (Wildman–Crippen MR) is 80.3 cm³/mol. The summed E-state index contributed by atoms with van der Waals surface area (Å²) in [6.45, 7) is 2.55. The van der Waals surface area contributed by atoms with Crippen LogP contribution in [-0.2, 0) is 9.53 Å². The minimum atomic E-state index is -0.259. The first kappa shape index (κ1) is 14.8. The van der Waals surface area contributed by atoms with Crippen molar-refractivity contribution in [2.45, 2.75) is 45.1 Å². The van der Waals surface area contributed by atoms with Gasteiger partial charge in [-0.3, -0.25) is 4.79 Å². The van der Waals surface area contributed by atoms with E-state index in [0.29, 0.717) is 18.8 Å². The fourth-order valence-electron chi connectivity index (χ4n) is 2.62. The third-order valence-electron chi connectivity index (χ3n) is 3.70. The number of rotatable bonds is 3. The Kier molecular flexibility index (Phi) is 5.83. The number of hydrogen-bond donors (Lipinski definition) is 0. The predicted octanol–water partition coefficient (Wildman–Crippen LogP) is 3.59. The zero-order chi connectivity index (χ0) is 14.2. The summed E-state index contributed by atoms with van der Waals surface area (Å²) in [6.07, 6.45) is 4.60. The first-order chi connectivity index (χ1) is 9.81. The van der Waals surface area contributed by atoms with E-state index < -0.39 is 0 Å². The molecule has 1 aromatic rings. The molecule has 1 aliphatic carbocycles. The van der Waals surface area contributed by atoms with Crippen LogP contribution in [-0.4, -0.2) is 18.5 Å². The van der Waals surface area contributed by atoms with Crippen LogP contribution < -0.4 is 0 Å². The third-order valence-corrected chi connectivity index (χ3v) is 3.70. The molecule has 1 fully saturated rings. The smallest absolute Gasteiger partial charge is 0.139 e. The molecule has 0 saturated heterocycles. The lowest BCUT2D eigenvalue weighted by molar-refractivity contribution is -0.126. The lowest BCUT2D eigenvalue weighted by atomic mass is 9.92. The second kappa shape index (κ2) is 7.87. The van der Waals surface area contributed by atoms with Crippen LogP contribution in [0.1, 0.15) is 44.6 Å². The van der Waals surface area contributed by atoms with Crippen LogP contribution in [0, 0.1) is 17.8 Å². The molecule has 0 spiro atoms. The largest absolute Gasteiger partial charge is 0.365 e. The molecule has 0 heterocycles. The maximum Gasteiger partial charge on any atom is 0.139 e. The maximum absolute atomic E-state index is 12.2. The second-order valence-corrected chi connectivity index (χ2v) is 5.18. The SMILES string of the molecule is CCOC(C#Cc1ccccc1)C1CCCCCC1=O. The van der Waals surface area contributed by atoms with Crippen LogP contribution in [0.3, 0.4) is 0 Å². The van der Waals surface area contributed by atoms with Gasteiger partial charge in [0.05, 0.1) is 5.92 Å². The second-order valence-electron chi connectivity index (χ2n) is 5.18. The molecule has 0 amide bonds. The summed E-state index contributed by atoms with van der Waals surface area (Å²) in [5.74, 6) is 6.59. The summed E-state index contributed by atoms with van der Waals surface area (Å²) >= 11 is 0. The molecule has 2 heteroatoms. The van der Waals surface area contributed by atoms with Gasteiger partial charge in [-0.05, 0) is 31.9 Å². The van der Waals surface area contributed by atoms with E-state index in [1.54, 1.807) is 0 Å². The summed E-state index contributed by atoms with van der Waals surface area (Å²) in [7, 11) is 0. The number of hydrogen-bond acceptors (Lipinski definition) is 2. The van der Waals surface area contributed by atoms with Crippen molar-refractivity contribution in [3.63, 3.8) is 0 Å². The van der Waals surface area contributed by atoms with Gasteiger partial charge >= 0.3 is 0 Å². The lowest BCUT2D eigenvalue weighted by Gasteiger charge is -2.20. The van der Waals surface area contributed by atoms with Gasteiger partial charge in [0.2, 0.25) is 0 Å². The van der Waals surface area contributed by atoms with Gasteiger partial charge in [-0.15, -0.1) is 0 Å². The minimum Gasteiger partial charge on any atom is -0.365 e. The molecule has 106 valence electrons. The Bertz CT molecular complexity index is 481. The molecule has 1 aromatic carbocycles. The fraction of sp³-hybridized carbons (Fsp3) is 0.500. The highest BCUT2D eigenvalue weighted by atomic mass is 16.5. The fourth-order valence-corrected chi connectivity index (χ4v) is 2.62. The summed E-state index contributed by atoms with van der Waals surface area (Å²) in [5.41, 5.74) is 0.971. The van der Waals surface area contributed by atoms with E-state index >= 15 is 0 Å². The molecule has 2 nitrogen and oxygen atoms in total. The van der Waals surface area contributed by atoms with Gasteiger partial charge in [0, 0.05) is 18.6 Å². The molecule has 1 aliphatic rings. The van der Waals surface area contributed by atoms with E-state index in [9.17, 15) is 4.79 Å². The normalized spacial score (nSPS) is 20.6. The average molecular weight is 270 g/mol. The monoisotopic (exact) mass is 270 g/mol. The molecule has 0 radical (unpaired) electrons. The Morgan fingerprint density at radius 2 is 2.05 bits per heavy atom. The van der Waals surface area contributed by atoms with Crippen LogP contribution in [0.5, 0.6) is 0 Å². The number of carbonyl (C=O) groups is 1. The van der Waals surface area contributed by atoms with Gasteiger partial charge in [0.15, 0.2) is 0 Å². The van der Waals surface area contributed by atoms with Crippen molar-refractivity contribution in [3.8, 4) is 11.8 Å². The average Bonchev–Trinajstić information content (AvgIpc) is 2.69. The summed E-state index contributed by atoms with van der Waals surface area (Å²) in [5, 5.41) is 0. The van der Waals surface area contributed by atoms with E-state index in [1.165, 1.54) is 0 Å². The Morgan fingerprint density at radius 3 is 2.80 bits per heavy atom. The first-order valence-electron chi connectivity index (χ1n) is 7.52. The van der Waals surface area contributed by atoms with Crippen molar-refractivity contribution in [1.29, 1.82) is 0 Å². The lowest BCUT2D eigenvalue weighted by Crippen LogP contribution is -2.29. The molecule has 0 bridgehead atoms. The van der Waals surface area contributed by atoms with Crippen LogP contribution in [0.2, 0.25) is 0 Å². The van der Waals surface area contributed by atoms with Gasteiger partial charge in [-0.25, -0.2) is 0 Å². The van der Waals surface area contributed by atoms with E-state index in [-0.39, 0.29) is 12.0 Å². The topological polar surface area (TPSA) is 26.3 Å². The zero-order valence-electron chi connectivity index (χ0n) is 12.1. The van der Waals surface area contributed by atoms with Crippen molar-refractivity contribution >= 4 is 5.78 Å². The summed E-state index contributed by atoms with van der Waals surface area (Å²) in [6, 6.07) is 9.86. The van der Waals surface area contributed by atoms with Crippen LogP contribution >= 0.6 is 0 Å². The Labute approximate surface area is 121 Å². The van der Waals surface area contributed by atoms with E-state index in [0.717, 1.165) is 31.2 Å². The maximum atomic E-state index is 12.2. The minimum absolute atomic E-state index is 0.0475. The van der Waals surface area contributed by atoms with Crippen LogP contribution in [0.25, 0.3) is 0 Å². The highest BCUT2D eigenvalue weighted by molar-refractivity contribution is 5.82. The standard InChI is InChI=1S/C18H22O2/c1-2-20-18(14-13-15-9-5-3-6-10-15)16-11-7-4-8-12-17(16)19/h3,5-6,9-10,16,18H,2,4,7-8,11-12H2,1H3. The number of benzene rings is 1. The van der Waals surface area contributed by atoms with Crippen molar-refractivity contribution in [2.24, 2.45) is 5.92 Å². The molecular weight excluding hydrogens is 248 g/mol. The van der Waals surface area contributed by atoms with Crippen molar-refractivity contribution in [3.05, 3.63) is 35.9 Å². The van der Waals surface area contributed by atoms with Gasteiger partial charge in [-0.2, -0.15) is 0 Å². The van der Waals surface area contributed by atoms with Crippen molar-refractivity contribution in [1.82, 2.24) is 0 Å². The molecular formula is C18H22O2. The third kappa shape index (κ3) is 4.21. The van der Waals surface area contributed by atoms with E-state index in [1.807, 2.05) is 37.3 Å². The number of carbonyl (C=O) groups excluding carboxylic acids is 1. The van der Waals surface area contributed by atoms with Gasteiger partial charge in [0.25, 0.3) is 0 Å². The summed E-state index contributed by atoms with van der Waals surface area (Å²) < 4.78 is 5.73. The molecule has 1 saturated carbocycles. The van der Waals surface area contributed by atoms with Gasteiger partial charge < -0.3 is 4.74 Å². The molecule has 0 aliphatic heterocycles. The number of ketones is 1. The van der Waals surface area contributed by atoms with Gasteiger partial charge in [-0.1, -0.05) is 42.9 Å². The summed E-state index contributed by atoms with van der Waals surface area (Å²) in [4.78, 5) is 12.2. The molecule has 0 aromatic heterocycles. The van der Waals surface area contributed by atoms with Crippen LogP contribution in [0.4, 0.5) is 0 Å². The quantitative estimate of drug-likeness (QED) is 0.619. The molecule has 2 atom stereocenters. The van der Waals surface area contributed by atoms with Gasteiger partial charge in [0.1, 0.15) is 11.9 Å². The Hall–Kier alpha value is -1.59. The Balaban J connectivity index is 2.13. The van der Waals surface area contributed by atoms with Crippen LogP contribution in [0.15, 0.2) is 30.3 Å². The highest BCUT2D eigenvalue weighted by Crippen LogP contribution is 2.24. The number of ether oxygens (including phenoxy) is 1. The van der Waals surface area contributed by atoms with E-state index in [2.05, 4.69) is 11.8 Å². The molecule has 2 unspecified atom stereocenters. The van der Waals surface area contributed by atoms with E-state index in [4.69, 9.17) is 4.74 Å². The zero-order valence-corrected chi connectivity index (χ0v) is 12.1. The molecule has 20 heavy (non-hydrogen) atoms. The van der Waals surface area contributed by atoms with Crippen molar-refractivity contribution in [2.75, 3.05) is 6.61 Å². The first-order valence-corrected chi connectivity index (χ1v) is 7.52. The molecule has 0 N–H and O–H groups in total. The number of Topliss-reactive ketones (excluding diaryl/α,β-unsaturated/α-hetero) is 1. The van der Waals surface area contributed by atoms with Crippen molar-refractivity contribution < 1.29 is 9.53 Å². The highest BCUT2D eigenvalue weighted by Gasteiger charge is 2.28. The molecule has 2 rings (SSSR count). The Morgan fingerprint density at radius 1 is 1.25 bits per heavy atom.